The molecular weight excluding hydrogens is 172 g/mol. The molecule has 0 aromatic heterocycles. The summed E-state index contributed by atoms with van der Waals surface area (Å²) in [7, 11) is 0. The highest BCUT2D eigenvalue weighted by Gasteiger charge is 2.14. The SMILES string of the molecule is Cc1cc(C)cc(C2CNCCN2)c1. The summed E-state index contributed by atoms with van der Waals surface area (Å²) in [6, 6.07) is 7.26. The Balaban J connectivity index is 2.21. The zero-order valence-corrected chi connectivity index (χ0v) is 8.93. The van der Waals surface area contributed by atoms with Crippen molar-refractivity contribution >= 4 is 0 Å². The van der Waals surface area contributed by atoms with Gasteiger partial charge in [-0.3, -0.25) is 0 Å². The Kier molecular flexibility index (Phi) is 2.85. The van der Waals surface area contributed by atoms with Crippen molar-refractivity contribution in [3.8, 4) is 0 Å². The first-order chi connectivity index (χ1) is 6.75. The smallest absolute Gasteiger partial charge is 0.0447 e. The quantitative estimate of drug-likeness (QED) is 0.702. The van der Waals surface area contributed by atoms with Crippen molar-refractivity contribution in [2.24, 2.45) is 0 Å². The number of rotatable bonds is 1. The predicted octanol–water partition coefficient (Wildman–Crippen LogP) is 1.54. The van der Waals surface area contributed by atoms with Gasteiger partial charge in [0.25, 0.3) is 0 Å². The molecule has 0 amide bonds. The van der Waals surface area contributed by atoms with Crippen LogP contribution in [0.2, 0.25) is 0 Å². The molecule has 0 aliphatic carbocycles. The number of hydrogen-bond acceptors (Lipinski definition) is 2. The zero-order chi connectivity index (χ0) is 9.97. The molecule has 1 aliphatic rings. The fraction of sp³-hybridized carbons (Fsp3) is 0.500. The van der Waals surface area contributed by atoms with E-state index in [9.17, 15) is 0 Å². The number of aryl methyl sites for hydroxylation is 2. The lowest BCUT2D eigenvalue weighted by atomic mass is 10.0. The molecule has 1 unspecified atom stereocenters. The van der Waals surface area contributed by atoms with Gasteiger partial charge >= 0.3 is 0 Å². The zero-order valence-electron chi connectivity index (χ0n) is 8.93. The Bertz CT molecular complexity index is 294. The fourth-order valence-electron chi connectivity index (χ4n) is 2.10. The Hall–Kier alpha value is -0.860. The topological polar surface area (TPSA) is 24.1 Å². The lowest BCUT2D eigenvalue weighted by Crippen LogP contribution is -2.42. The third-order valence-corrected chi connectivity index (χ3v) is 2.69. The van der Waals surface area contributed by atoms with Gasteiger partial charge < -0.3 is 10.6 Å². The van der Waals surface area contributed by atoms with Crippen LogP contribution in [0.25, 0.3) is 0 Å². The molecule has 1 heterocycles. The second-order valence-electron chi connectivity index (χ2n) is 4.13. The minimum absolute atomic E-state index is 0.488. The molecule has 2 rings (SSSR count). The monoisotopic (exact) mass is 190 g/mol. The largest absolute Gasteiger partial charge is 0.314 e. The van der Waals surface area contributed by atoms with Gasteiger partial charge in [-0.25, -0.2) is 0 Å². The van der Waals surface area contributed by atoms with Crippen molar-refractivity contribution < 1.29 is 0 Å². The van der Waals surface area contributed by atoms with Crippen LogP contribution in [0.15, 0.2) is 18.2 Å². The molecule has 0 spiro atoms. The summed E-state index contributed by atoms with van der Waals surface area (Å²) in [5, 5.41) is 6.94. The first-order valence-corrected chi connectivity index (χ1v) is 5.28. The van der Waals surface area contributed by atoms with Gasteiger partial charge in [-0.15, -0.1) is 0 Å². The van der Waals surface area contributed by atoms with Gasteiger partial charge in [0.05, 0.1) is 0 Å². The van der Waals surface area contributed by atoms with Gasteiger partial charge in [-0.2, -0.15) is 0 Å². The maximum atomic E-state index is 3.53. The van der Waals surface area contributed by atoms with E-state index in [1.54, 1.807) is 0 Å². The van der Waals surface area contributed by atoms with E-state index in [4.69, 9.17) is 0 Å². The molecule has 0 bridgehead atoms. The van der Waals surface area contributed by atoms with E-state index >= 15 is 0 Å². The van der Waals surface area contributed by atoms with E-state index in [-0.39, 0.29) is 0 Å². The molecule has 1 aliphatic heterocycles. The average molecular weight is 190 g/mol. The minimum Gasteiger partial charge on any atom is -0.314 e. The number of piperazine rings is 1. The molecule has 0 radical (unpaired) electrons. The molecule has 2 nitrogen and oxygen atoms in total. The van der Waals surface area contributed by atoms with Crippen LogP contribution in [0.1, 0.15) is 22.7 Å². The number of hydrogen-bond donors (Lipinski definition) is 2. The van der Waals surface area contributed by atoms with Crippen molar-refractivity contribution in [1.29, 1.82) is 0 Å². The molecule has 1 aromatic carbocycles. The van der Waals surface area contributed by atoms with E-state index < -0.39 is 0 Å². The molecule has 2 N–H and O–H groups in total. The Morgan fingerprint density at radius 3 is 2.36 bits per heavy atom. The summed E-state index contributed by atoms with van der Waals surface area (Å²) in [6.07, 6.45) is 0. The maximum Gasteiger partial charge on any atom is 0.0447 e. The van der Waals surface area contributed by atoms with Crippen molar-refractivity contribution in [3.05, 3.63) is 34.9 Å². The minimum atomic E-state index is 0.488. The third kappa shape index (κ3) is 2.14. The molecule has 1 fully saturated rings. The molecule has 1 atom stereocenters. The van der Waals surface area contributed by atoms with E-state index in [1.807, 2.05) is 0 Å². The van der Waals surface area contributed by atoms with Gasteiger partial charge in [0, 0.05) is 25.7 Å². The van der Waals surface area contributed by atoms with Crippen LogP contribution < -0.4 is 10.6 Å². The van der Waals surface area contributed by atoms with Crippen molar-refractivity contribution in [2.45, 2.75) is 19.9 Å². The molecular formula is C12H18N2. The molecule has 76 valence electrons. The molecule has 14 heavy (non-hydrogen) atoms. The summed E-state index contributed by atoms with van der Waals surface area (Å²) >= 11 is 0. The summed E-state index contributed by atoms with van der Waals surface area (Å²) in [4.78, 5) is 0. The number of benzene rings is 1. The highest BCUT2D eigenvalue weighted by Crippen LogP contribution is 2.17. The van der Waals surface area contributed by atoms with Crippen LogP contribution in [-0.2, 0) is 0 Å². The number of nitrogens with one attached hydrogen (secondary N) is 2. The van der Waals surface area contributed by atoms with Gasteiger partial charge in [-0.05, 0) is 19.4 Å². The Labute approximate surface area is 85.7 Å². The third-order valence-electron chi connectivity index (χ3n) is 2.69. The van der Waals surface area contributed by atoms with Gasteiger partial charge in [0.1, 0.15) is 0 Å². The van der Waals surface area contributed by atoms with Crippen molar-refractivity contribution in [2.75, 3.05) is 19.6 Å². The van der Waals surface area contributed by atoms with Gasteiger partial charge in [-0.1, -0.05) is 29.3 Å². The van der Waals surface area contributed by atoms with Crippen LogP contribution >= 0.6 is 0 Å². The highest BCUT2D eigenvalue weighted by molar-refractivity contribution is 5.31. The second-order valence-corrected chi connectivity index (χ2v) is 4.13. The lowest BCUT2D eigenvalue weighted by Gasteiger charge is -2.25. The first kappa shape index (κ1) is 9.69. The first-order valence-electron chi connectivity index (χ1n) is 5.28. The normalized spacial score (nSPS) is 22.3. The summed E-state index contributed by atoms with van der Waals surface area (Å²) in [5.41, 5.74) is 4.12. The van der Waals surface area contributed by atoms with Gasteiger partial charge in [0.15, 0.2) is 0 Å². The van der Waals surface area contributed by atoms with Crippen LogP contribution in [0, 0.1) is 13.8 Å². The van der Waals surface area contributed by atoms with E-state index in [0.717, 1.165) is 19.6 Å². The molecule has 1 aromatic rings. The Morgan fingerprint density at radius 1 is 1.07 bits per heavy atom. The van der Waals surface area contributed by atoms with E-state index in [1.165, 1.54) is 16.7 Å². The fourth-order valence-corrected chi connectivity index (χ4v) is 2.10. The van der Waals surface area contributed by atoms with Crippen LogP contribution in [0.5, 0.6) is 0 Å². The van der Waals surface area contributed by atoms with E-state index in [0.29, 0.717) is 6.04 Å². The highest BCUT2D eigenvalue weighted by atomic mass is 15.1. The van der Waals surface area contributed by atoms with E-state index in [2.05, 4.69) is 42.7 Å². The summed E-state index contributed by atoms with van der Waals surface area (Å²) in [6.45, 7) is 7.52. The van der Waals surface area contributed by atoms with Gasteiger partial charge in [0.2, 0.25) is 0 Å². The molecule has 1 saturated heterocycles. The van der Waals surface area contributed by atoms with Crippen molar-refractivity contribution in [1.82, 2.24) is 10.6 Å². The Morgan fingerprint density at radius 2 is 1.79 bits per heavy atom. The summed E-state index contributed by atoms with van der Waals surface area (Å²) in [5.74, 6) is 0. The standard InChI is InChI=1S/C12H18N2/c1-9-5-10(2)7-11(6-9)12-8-13-3-4-14-12/h5-7,12-14H,3-4,8H2,1-2H3. The second kappa shape index (κ2) is 4.11. The average Bonchev–Trinajstić information content (AvgIpc) is 2.18. The van der Waals surface area contributed by atoms with Crippen LogP contribution in [0.3, 0.4) is 0 Å². The summed E-state index contributed by atoms with van der Waals surface area (Å²) < 4.78 is 0. The maximum absolute atomic E-state index is 3.53. The van der Waals surface area contributed by atoms with Crippen LogP contribution in [-0.4, -0.2) is 19.6 Å². The predicted molar refractivity (Wildman–Crippen MR) is 59.5 cm³/mol. The van der Waals surface area contributed by atoms with Crippen LogP contribution in [0.4, 0.5) is 0 Å². The molecule has 2 heteroatoms. The lowest BCUT2D eigenvalue weighted by molar-refractivity contribution is 0.430. The van der Waals surface area contributed by atoms with Crippen molar-refractivity contribution in [3.63, 3.8) is 0 Å². The molecule has 0 saturated carbocycles.